The molecule has 10 nitrogen and oxygen atoms in total. The first-order valence-corrected chi connectivity index (χ1v) is 13.2. The first-order valence-electron chi connectivity index (χ1n) is 13.2. The van der Waals surface area contributed by atoms with Crippen LogP contribution >= 0.6 is 0 Å². The Hall–Kier alpha value is -2.91. The first-order chi connectivity index (χ1) is 16.9. The number of hydrogen-bond acceptors (Lipinski definition) is 5. The summed E-state index contributed by atoms with van der Waals surface area (Å²) in [5.41, 5.74) is 0.257. The highest BCUT2D eigenvalue weighted by Crippen LogP contribution is 2.39. The van der Waals surface area contributed by atoms with Gasteiger partial charge in [0.05, 0.1) is 11.7 Å². The summed E-state index contributed by atoms with van der Waals surface area (Å²) in [6.45, 7) is 0.298. The number of aromatic amines is 1. The van der Waals surface area contributed by atoms with Crippen LogP contribution in [0.1, 0.15) is 99.3 Å². The number of amides is 5. The van der Waals surface area contributed by atoms with E-state index in [0.29, 0.717) is 25.1 Å². The lowest BCUT2D eigenvalue weighted by molar-refractivity contribution is -0.142. The summed E-state index contributed by atoms with van der Waals surface area (Å²) in [6, 6.07) is 1.30. The number of urea groups is 1. The Balaban J connectivity index is 1.28. The first kappa shape index (κ1) is 23.8. The zero-order valence-electron chi connectivity index (χ0n) is 20.6. The van der Waals surface area contributed by atoms with Crippen molar-refractivity contribution in [2.45, 2.75) is 94.7 Å². The minimum atomic E-state index is -0.790. The van der Waals surface area contributed by atoms with Gasteiger partial charge in [-0.15, -0.1) is 0 Å². The van der Waals surface area contributed by atoms with Crippen LogP contribution in [-0.4, -0.2) is 80.4 Å². The van der Waals surface area contributed by atoms with Gasteiger partial charge in [-0.05, 0) is 51.0 Å². The van der Waals surface area contributed by atoms with Gasteiger partial charge in [-0.2, -0.15) is 5.10 Å². The Morgan fingerprint density at radius 3 is 2.51 bits per heavy atom. The van der Waals surface area contributed by atoms with E-state index in [1.54, 1.807) is 22.9 Å². The highest BCUT2D eigenvalue weighted by atomic mass is 16.2. The summed E-state index contributed by atoms with van der Waals surface area (Å²) in [6.07, 6.45) is 11.0. The van der Waals surface area contributed by atoms with E-state index in [1.165, 1.54) is 0 Å². The van der Waals surface area contributed by atoms with Crippen molar-refractivity contribution in [3.05, 3.63) is 17.5 Å². The van der Waals surface area contributed by atoms with Crippen LogP contribution < -0.4 is 5.32 Å². The van der Waals surface area contributed by atoms with Gasteiger partial charge in [-0.3, -0.25) is 24.4 Å². The molecule has 2 N–H and O–H groups in total. The summed E-state index contributed by atoms with van der Waals surface area (Å²) in [5, 5.41) is 10.2. The molecule has 5 rings (SSSR count). The van der Waals surface area contributed by atoms with Gasteiger partial charge in [0.25, 0.3) is 11.8 Å². The molecule has 4 aliphatic rings. The number of rotatable bonds is 5. The van der Waals surface area contributed by atoms with E-state index in [0.717, 1.165) is 74.8 Å². The van der Waals surface area contributed by atoms with Crippen LogP contribution in [0.2, 0.25) is 0 Å². The van der Waals surface area contributed by atoms with E-state index in [2.05, 4.69) is 15.5 Å². The lowest BCUT2D eigenvalue weighted by atomic mass is 9.81. The van der Waals surface area contributed by atoms with Crippen molar-refractivity contribution >= 4 is 23.8 Å². The Morgan fingerprint density at radius 1 is 1.06 bits per heavy atom. The second-order valence-corrected chi connectivity index (χ2v) is 10.6. The quantitative estimate of drug-likeness (QED) is 0.623. The Labute approximate surface area is 205 Å². The molecule has 190 valence electrons. The van der Waals surface area contributed by atoms with Crippen LogP contribution in [0.3, 0.4) is 0 Å². The van der Waals surface area contributed by atoms with Crippen molar-refractivity contribution in [3.63, 3.8) is 0 Å². The molecule has 1 atom stereocenters. The van der Waals surface area contributed by atoms with E-state index in [9.17, 15) is 19.2 Å². The monoisotopic (exact) mass is 484 g/mol. The number of piperidine rings is 1. The number of likely N-dealkylation sites (tertiary alicyclic amines) is 1. The average Bonchev–Trinajstić information content (AvgIpc) is 3.61. The molecule has 2 aliphatic carbocycles. The molecule has 2 saturated heterocycles. The molecule has 2 saturated carbocycles. The van der Waals surface area contributed by atoms with Crippen molar-refractivity contribution < 1.29 is 19.2 Å². The van der Waals surface area contributed by atoms with E-state index in [4.69, 9.17) is 0 Å². The van der Waals surface area contributed by atoms with Crippen molar-refractivity contribution in [2.24, 2.45) is 0 Å². The van der Waals surface area contributed by atoms with Crippen LogP contribution in [0.25, 0.3) is 0 Å². The lowest BCUT2D eigenvalue weighted by Crippen LogP contribution is -2.50. The molecular weight excluding hydrogens is 448 g/mol. The van der Waals surface area contributed by atoms with Crippen molar-refractivity contribution in [1.29, 1.82) is 0 Å². The minimum Gasteiger partial charge on any atom is -0.348 e. The maximum Gasteiger partial charge on any atom is 0.327 e. The number of nitrogens with one attached hydrogen (secondary N) is 2. The number of hydrogen-bond donors (Lipinski definition) is 2. The highest BCUT2D eigenvalue weighted by molar-refractivity contribution is 6.09. The lowest BCUT2D eigenvalue weighted by Gasteiger charge is -2.36. The Bertz CT molecular complexity index is 994. The number of H-pyrrole nitrogens is 1. The Morgan fingerprint density at radius 2 is 1.77 bits per heavy atom. The molecule has 0 unspecified atom stereocenters. The Kier molecular flexibility index (Phi) is 6.55. The van der Waals surface area contributed by atoms with Crippen molar-refractivity contribution in [3.8, 4) is 0 Å². The number of carbonyl (C=O) groups excluding carboxylic acids is 4. The normalized spacial score (nSPS) is 25.1. The number of nitrogens with zero attached hydrogens (tertiary/aromatic N) is 4. The van der Waals surface area contributed by atoms with E-state index < -0.39 is 5.54 Å². The van der Waals surface area contributed by atoms with E-state index in [-0.39, 0.29) is 42.4 Å². The molecule has 5 amide bonds. The fourth-order valence-electron chi connectivity index (χ4n) is 6.40. The standard InChI is InChI=1S/C25H36N6O4/c1-29-24(35)31(23(34)25(29)12-6-2-7-13-25)16-21(32)30-14-8-5-11-20(30)18-15-19(28-27-18)22(33)26-17-9-3-4-10-17/h15,17,20H,2-14,16H2,1H3,(H,26,33)(H,27,28)/t20-/m1/s1. The molecule has 4 fully saturated rings. The average molecular weight is 485 g/mol. The summed E-state index contributed by atoms with van der Waals surface area (Å²) in [7, 11) is 1.68. The van der Waals surface area contributed by atoms with Crippen molar-refractivity contribution in [2.75, 3.05) is 20.1 Å². The molecule has 0 aromatic carbocycles. The predicted octanol–water partition coefficient (Wildman–Crippen LogP) is 2.73. The molecule has 1 aromatic heterocycles. The highest BCUT2D eigenvalue weighted by Gasteiger charge is 2.56. The third-order valence-electron chi connectivity index (χ3n) is 8.48. The summed E-state index contributed by atoms with van der Waals surface area (Å²) in [4.78, 5) is 56.8. The maximum absolute atomic E-state index is 13.4. The van der Waals surface area contributed by atoms with Gasteiger partial charge in [0.15, 0.2) is 0 Å². The van der Waals surface area contributed by atoms with Gasteiger partial charge in [0.2, 0.25) is 5.91 Å². The molecule has 10 heteroatoms. The number of aromatic nitrogens is 2. The van der Waals surface area contributed by atoms with E-state index >= 15 is 0 Å². The molecule has 0 radical (unpaired) electrons. The summed E-state index contributed by atoms with van der Waals surface area (Å²) >= 11 is 0. The molecule has 2 aliphatic heterocycles. The van der Waals surface area contributed by atoms with E-state index in [1.807, 2.05) is 0 Å². The fraction of sp³-hybridized carbons (Fsp3) is 0.720. The van der Waals surface area contributed by atoms with Crippen LogP contribution in [0.15, 0.2) is 6.07 Å². The third kappa shape index (κ3) is 4.31. The number of carbonyl (C=O) groups is 4. The van der Waals surface area contributed by atoms with Crippen LogP contribution in [0.5, 0.6) is 0 Å². The number of likely N-dealkylation sites (N-methyl/N-ethyl adjacent to an activating group) is 1. The zero-order valence-corrected chi connectivity index (χ0v) is 20.6. The van der Waals surface area contributed by atoms with Gasteiger partial charge < -0.3 is 15.1 Å². The third-order valence-corrected chi connectivity index (χ3v) is 8.48. The molecule has 1 spiro atoms. The minimum absolute atomic E-state index is 0.192. The molecule has 0 bridgehead atoms. The second-order valence-electron chi connectivity index (χ2n) is 10.6. The van der Waals surface area contributed by atoms with Gasteiger partial charge in [0, 0.05) is 19.6 Å². The SMILES string of the molecule is CN1C(=O)N(CC(=O)N2CCCC[C@@H]2c2cc(C(=O)NC3CCCC3)n[nH]2)C(=O)C12CCCCC2. The van der Waals surface area contributed by atoms with Crippen LogP contribution in [0, 0.1) is 0 Å². The molecular formula is C25H36N6O4. The molecule has 3 heterocycles. The second kappa shape index (κ2) is 9.62. The van der Waals surface area contributed by atoms with Gasteiger partial charge in [-0.25, -0.2) is 4.79 Å². The largest absolute Gasteiger partial charge is 0.348 e. The van der Waals surface area contributed by atoms with Gasteiger partial charge in [0.1, 0.15) is 17.8 Å². The maximum atomic E-state index is 13.4. The van der Waals surface area contributed by atoms with Crippen LogP contribution in [-0.2, 0) is 9.59 Å². The van der Waals surface area contributed by atoms with Crippen molar-refractivity contribution in [1.82, 2.24) is 30.2 Å². The number of imide groups is 1. The van der Waals surface area contributed by atoms with Crippen LogP contribution in [0.4, 0.5) is 4.79 Å². The molecule has 1 aromatic rings. The summed E-state index contributed by atoms with van der Waals surface area (Å²) in [5.74, 6) is -0.676. The van der Waals surface area contributed by atoms with Gasteiger partial charge in [-0.1, -0.05) is 32.1 Å². The molecule has 35 heavy (non-hydrogen) atoms. The fourth-order valence-corrected chi connectivity index (χ4v) is 6.40. The zero-order chi connectivity index (χ0) is 24.6. The predicted molar refractivity (Wildman–Crippen MR) is 127 cm³/mol. The topological polar surface area (TPSA) is 119 Å². The summed E-state index contributed by atoms with van der Waals surface area (Å²) < 4.78 is 0. The van der Waals surface area contributed by atoms with Gasteiger partial charge >= 0.3 is 6.03 Å². The smallest absolute Gasteiger partial charge is 0.327 e.